The van der Waals surface area contributed by atoms with Crippen LogP contribution < -0.4 is 0 Å². The predicted octanol–water partition coefficient (Wildman–Crippen LogP) is 4.61. The standard InChI is InChI=1S/C15H17NS/c1-11(2)9-12-5-3-6-13(10-12)14-7-4-8-15(17)16-14/h3-8,10-11H,9H2,1-2H3,(H,16,17). The fourth-order valence-electron chi connectivity index (χ4n) is 1.95. The normalized spacial score (nSPS) is 10.8. The first kappa shape index (κ1) is 12.1. The van der Waals surface area contributed by atoms with Crippen LogP contribution in [0.1, 0.15) is 19.4 Å². The smallest absolute Gasteiger partial charge is 0.103 e. The maximum Gasteiger partial charge on any atom is 0.103 e. The van der Waals surface area contributed by atoms with Crippen molar-refractivity contribution in [1.82, 2.24) is 4.98 Å². The first-order valence-electron chi connectivity index (χ1n) is 5.94. The lowest BCUT2D eigenvalue weighted by molar-refractivity contribution is 0.647. The molecule has 0 unspecified atom stereocenters. The van der Waals surface area contributed by atoms with E-state index in [0.29, 0.717) is 5.92 Å². The zero-order chi connectivity index (χ0) is 12.3. The molecular formula is C15H17NS. The van der Waals surface area contributed by atoms with Gasteiger partial charge in [0.1, 0.15) is 4.64 Å². The molecule has 0 aliphatic heterocycles. The molecule has 0 radical (unpaired) electrons. The third-order valence-electron chi connectivity index (χ3n) is 2.65. The molecule has 0 bridgehead atoms. The van der Waals surface area contributed by atoms with Crippen LogP contribution in [-0.4, -0.2) is 4.98 Å². The summed E-state index contributed by atoms with van der Waals surface area (Å²) >= 11 is 5.15. The van der Waals surface area contributed by atoms with Crippen LogP contribution in [0.3, 0.4) is 0 Å². The molecule has 88 valence electrons. The Morgan fingerprint density at radius 2 is 1.88 bits per heavy atom. The summed E-state index contributed by atoms with van der Waals surface area (Å²) in [7, 11) is 0. The van der Waals surface area contributed by atoms with Gasteiger partial charge in [-0.25, -0.2) is 0 Å². The van der Waals surface area contributed by atoms with Crippen LogP contribution in [0.15, 0.2) is 42.5 Å². The van der Waals surface area contributed by atoms with Gasteiger partial charge in [-0.15, -0.1) is 0 Å². The summed E-state index contributed by atoms with van der Waals surface area (Å²) in [6.07, 6.45) is 1.11. The minimum atomic E-state index is 0.680. The van der Waals surface area contributed by atoms with Crippen molar-refractivity contribution in [1.29, 1.82) is 0 Å². The minimum Gasteiger partial charge on any atom is -0.346 e. The maximum absolute atomic E-state index is 5.15. The summed E-state index contributed by atoms with van der Waals surface area (Å²) in [5.74, 6) is 0.680. The van der Waals surface area contributed by atoms with Gasteiger partial charge in [-0.1, -0.05) is 50.3 Å². The van der Waals surface area contributed by atoms with Crippen molar-refractivity contribution in [3.8, 4) is 11.3 Å². The van der Waals surface area contributed by atoms with Gasteiger partial charge in [0.15, 0.2) is 0 Å². The monoisotopic (exact) mass is 243 g/mol. The van der Waals surface area contributed by atoms with Crippen LogP contribution in [-0.2, 0) is 6.42 Å². The van der Waals surface area contributed by atoms with Crippen LogP contribution in [0.2, 0.25) is 0 Å². The highest BCUT2D eigenvalue weighted by Gasteiger charge is 2.01. The van der Waals surface area contributed by atoms with E-state index < -0.39 is 0 Å². The molecule has 1 heterocycles. The van der Waals surface area contributed by atoms with E-state index in [2.05, 4.69) is 49.2 Å². The molecule has 2 heteroatoms. The average molecular weight is 243 g/mol. The van der Waals surface area contributed by atoms with Crippen molar-refractivity contribution in [3.05, 3.63) is 52.7 Å². The Balaban J connectivity index is 2.36. The maximum atomic E-state index is 5.15. The molecule has 2 aromatic rings. The Hall–Kier alpha value is -1.41. The molecule has 0 atom stereocenters. The fraction of sp³-hybridized carbons (Fsp3) is 0.267. The molecule has 2 rings (SSSR count). The van der Waals surface area contributed by atoms with Crippen molar-refractivity contribution >= 4 is 12.2 Å². The second-order valence-corrected chi connectivity index (χ2v) is 5.17. The van der Waals surface area contributed by atoms with Crippen molar-refractivity contribution < 1.29 is 0 Å². The lowest BCUT2D eigenvalue weighted by Gasteiger charge is -2.07. The second-order valence-electron chi connectivity index (χ2n) is 4.73. The highest BCUT2D eigenvalue weighted by molar-refractivity contribution is 7.71. The highest BCUT2D eigenvalue weighted by atomic mass is 32.1. The Kier molecular flexibility index (Phi) is 3.75. The average Bonchev–Trinajstić information content (AvgIpc) is 2.28. The molecule has 0 spiro atoms. The van der Waals surface area contributed by atoms with Crippen molar-refractivity contribution in [3.63, 3.8) is 0 Å². The summed E-state index contributed by atoms with van der Waals surface area (Å²) < 4.78 is 0.775. The third-order valence-corrected chi connectivity index (χ3v) is 2.89. The van der Waals surface area contributed by atoms with Crippen LogP contribution in [0.25, 0.3) is 11.3 Å². The molecule has 1 aromatic carbocycles. The number of hydrogen-bond donors (Lipinski definition) is 1. The largest absolute Gasteiger partial charge is 0.346 e. The summed E-state index contributed by atoms with van der Waals surface area (Å²) in [4.78, 5) is 3.22. The van der Waals surface area contributed by atoms with Gasteiger partial charge in [0.25, 0.3) is 0 Å². The molecule has 0 fully saturated rings. The molecule has 1 aromatic heterocycles. The number of nitrogens with one attached hydrogen (secondary N) is 1. The summed E-state index contributed by atoms with van der Waals surface area (Å²) in [5, 5.41) is 0. The van der Waals surface area contributed by atoms with E-state index >= 15 is 0 Å². The fourth-order valence-corrected chi connectivity index (χ4v) is 2.14. The van der Waals surface area contributed by atoms with Gasteiger partial charge in [0.05, 0.1) is 0 Å². The third kappa shape index (κ3) is 3.27. The number of aromatic amines is 1. The van der Waals surface area contributed by atoms with Gasteiger partial charge in [-0.2, -0.15) is 0 Å². The van der Waals surface area contributed by atoms with Crippen molar-refractivity contribution in [2.24, 2.45) is 5.92 Å². The zero-order valence-electron chi connectivity index (χ0n) is 10.2. The summed E-state index contributed by atoms with van der Waals surface area (Å²) in [5.41, 5.74) is 3.67. The molecule has 0 aliphatic carbocycles. The summed E-state index contributed by atoms with van der Waals surface area (Å²) in [6, 6.07) is 14.6. The molecule has 0 aliphatic rings. The van der Waals surface area contributed by atoms with Gasteiger partial charge in [-0.3, -0.25) is 0 Å². The van der Waals surface area contributed by atoms with E-state index in [1.165, 1.54) is 11.1 Å². The number of hydrogen-bond acceptors (Lipinski definition) is 1. The molecule has 1 N–H and O–H groups in total. The van der Waals surface area contributed by atoms with Gasteiger partial charge in [0.2, 0.25) is 0 Å². The number of pyridine rings is 1. The first-order chi connectivity index (χ1) is 8.15. The highest BCUT2D eigenvalue weighted by Crippen LogP contribution is 2.19. The van der Waals surface area contributed by atoms with Crippen molar-refractivity contribution in [2.75, 3.05) is 0 Å². The topological polar surface area (TPSA) is 15.8 Å². The summed E-state index contributed by atoms with van der Waals surface area (Å²) in [6.45, 7) is 4.48. The number of rotatable bonds is 3. The van der Waals surface area contributed by atoms with E-state index in [9.17, 15) is 0 Å². The van der Waals surface area contributed by atoms with E-state index in [0.717, 1.165) is 16.8 Å². The van der Waals surface area contributed by atoms with Crippen LogP contribution >= 0.6 is 12.2 Å². The lowest BCUT2D eigenvalue weighted by atomic mass is 10.00. The van der Waals surface area contributed by atoms with E-state index in [-0.39, 0.29) is 0 Å². The van der Waals surface area contributed by atoms with Crippen molar-refractivity contribution in [2.45, 2.75) is 20.3 Å². The molecule has 0 saturated carbocycles. The Morgan fingerprint density at radius 3 is 2.59 bits per heavy atom. The lowest BCUT2D eigenvalue weighted by Crippen LogP contribution is -1.94. The number of H-pyrrole nitrogens is 1. The van der Waals surface area contributed by atoms with Gasteiger partial charge in [-0.05, 0) is 41.7 Å². The van der Waals surface area contributed by atoms with E-state index in [1.807, 2.05) is 12.1 Å². The second kappa shape index (κ2) is 5.28. The predicted molar refractivity (Wildman–Crippen MR) is 75.6 cm³/mol. The Bertz CT molecular complexity index is 555. The zero-order valence-corrected chi connectivity index (χ0v) is 11.1. The van der Waals surface area contributed by atoms with Gasteiger partial charge in [0, 0.05) is 5.69 Å². The number of aromatic nitrogens is 1. The molecule has 1 nitrogen and oxygen atoms in total. The van der Waals surface area contributed by atoms with Crippen LogP contribution in [0.5, 0.6) is 0 Å². The van der Waals surface area contributed by atoms with Gasteiger partial charge >= 0.3 is 0 Å². The van der Waals surface area contributed by atoms with Crippen LogP contribution in [0.4, 0.5) is 0 Å². The van der Waals surface area contributed by atoms with E-state index in [4.69, 9.17) is 12.2 Å². The van der Waals surface area contributed by atoms with Crippen LogP contribution in [0, 0.1) is 10.6 Å². The molecular weight excluding hydrogens is 226 g/mol. The quantitative estimate of drug-likeness (QED) is 0.778. The number of benzene rings is 1. The molecule has 0 amide bonds. The minimum absolute atomic E-state index is 0.680. The van der Waals surface area contributed by atoms with Gasteiger partial charge < -0.3 is 4.98 Å². The SMILES string of the molecule is CC(C)Cc1cccc(-c2cccc(=S)[nH]2)c1. The molecule has 0 saturated heterocycles. The first-order valence-corrected chi connectivity index (χ1v) is 6.34. The Labute approximate surface area is 108 Å². The molecule has 17 heavy (non-hydrogen) atoms. The van der Waals surface area contributed by atoms with E-state index in [1.54, 1.807) is 0 Å². The Morgan fingerprint density at radius 1 is 1.12 bits per heavy atom.